The minimum atomic E-state index is -0.107. The maximum Gasteiger partial charge on any atom is 0.151 e. The molecule has 4 rings (SSSR count). The van der Waals surface area contributed by atoms with Crippen LogP contribution in [-0.4, -0.2) is 13.6 Å². The highest BCUT2D eigenvalue weighted by Gasteiger charge is 2.23. The Labute approximate surface area is 143 Å². The Balaban J connectivity index is 1.89. The zero-order chi connectivity index (χ0) is 16.4. The first-order chi connectivity index (χ1) is 11.8. The molecule has 1 aliphatic heterocycles. The Morgan fingerprint density at radius 2 is 1.54 bits per heavy atom. The Hall–Kier alpha value is -2.74. The van der Waals surface area contributed by atoms with Gasteiger partial charge in [-0.15, -0.1) is 0 Å². The van der Waals surface area contributed by atoms with E-state index in [9.17, 15) is 0 Å². The molecule has 120 valence electrons. The quantitative estimate of drug-likeness (QED) is 0.636. The predicted octanol–water partition coefficient (Wildman–Crippen LogP) is 4.85. The third kappa shape index (κ3) is 2.76. The summed E-state index contributed by atoms with van der Waals surface area (Å²) < 4.78 is 6.55. The predicted molar refractivity (Wildman–Crippen MR) is 98.8 cm³/mol. The molecule has 2 heteroatoms. The van der Waals surface area contributed by atoms with Gasteiger partial charge in [0.25, 0.3) is 0 Å². The zero-order valence-corrected chi connectivity index (χ0v) is 13.9. The first-order valence-electron chi connectivity index (χ1n) is 8.42. The van der Waals surface area contributed by atoms with Crippen LogP contribution < -0.4 is 9.64 Å². The Bertz CT molecular complexity index is 828. The summed E-state index contributed by atoms with van der Waals surface area (Å²) in [5.41, 5.74) is 4.88. The fraction of sp³-hybridized carbons (Fsp3) is 0.182. The molecular weight excluding hydrogens is 294 g/mol. The SMILES string of the molecule is CN1CCc2ccccc2OC(c2ccccc2)c2ccccc21. The van der Waals surface area contributed by atoms with Crippen LogP contribution >= 0.6 is 0 Å². The molecule has 2 nitrogen and oxygen atoms in total. The lowest BCUT2D eigenvalue weighted by molar-refractivity contribution is 0.246. The highest BCUT2D eigenvalue weighted by atomic mass is 16.5. The minimum absolute atomic E-state index is 0.107. The molecule has 0 fully saturated rings. The van der Waals surface area contributed by atoms with Gasteiger partial charge in [0, 0.05) is 24.8 Å². The number of rotatable bonds is 1. The second kappa shape index (κ2) is 6.40. The van der Waals surface area contributed by atoms with Crippen LogP contribution in [0.2, 0.25) is 0 Å². The highest BCUT2D eigenvalue weighted by molar-refractivity contribution is 5.57. The minimum Gasteiger partial charge on any atom is -0.481 e. The molecule has 0 spiro atoms. The van der Waals surface area contributed by atoms with Gasteiger partial charge in [-0.3, -0.25) is 0 Å². The Kier molecular flexibility index (Phi) is 3.96. The molecule has 0 bridgehead atoms. The number of hydrogen-bond acceptors (Lipinski definition) is 2. The van der Waals surface area contributed by atoms with Gasteiger partial charge in [-0.05, 0) is 29.7 Å². The number of likely N-dealkylation sites (N-methyl/N-ethyl adjacent to an activating group) is 1. The average Bonchev–Trinajstić information content (AvgIpc) is 2.71. The van der Waals surface area contributed by atoms with E-state index < -0.39 is 0 Å². The van der Waals surface area contributed by atoms with Crippen LogP contribution in [0.25, 0.3) is 0 Å². The molecule has 0 amide bonds. The van der Waals surface area contributed by atoms with Gasteiger partial charge in [-0.2, -0.15) is 0 Å². The lowest BCUT2D eigenvalue weighted by atomic mass is 9.99. The molecule has 3 aromatic rings. The fourth-order valence-electron chi connectivity index (χ4n) is 3.36. The summed E-state index contributed by atoms with van der Waals surface area (Å²) in [6, 6.07) is 27.4. The van der Waals surface area contributed by atoms with Crippen molar-refractivity contribution in [2.45, 2.75) is 12.5 Å². The number of fused-ring (bicyclic) bond motifs is 2. The van der Waals surface area contributed by atoms with Crippen LogP contribution in [0.4, 0.5) is 5.69 Å². The summed E-state index contributed by atoms with van der Waals surface area (Å²) in [5, 5.41) is 0. The molecule has 1 heterocycles. The standard InChI is InChI=1S/C22H21NO/c1-23-16-15-17-9-5-8-14-21(17)24-22(18-10-3-2-4-11-18)19-12-6-7-13-20(19)23/h2-14,22H,15-16H2,1H3. The van der Waals surface area contributed by atoms with E-state index in [0.29, 0.717) is 0 Å². The maximum atomic E-state index is 6.55. The summed E-state index contributed by atoms with van der Waals surface area (Å²) in [4.78, 5) is 2.33. The van der Waals surface area contributed by atoms with Crippen LogP contribution in [0.3, 0.4) is 0 Å². The van der Waals surface area contributed by atoms with Gasteiger partial charge in [0.15, 0.2) is 6.10 Å². The van der Waals surface area contributed by atoms with Gasteiger partial charge in [0.2, 0.25) is 0 Å². The van der Waals surface area contributed by atoms with Crippen molar-refractivity contribution in [3.63, 3.8) is 0 Å². The number of hydrogen-bond donors (Lipinski definition) is 0. The number of nitrogens with zero attached hydrogens (tertiary/aromatic N) is 1. The van der Waals surface area contributed by atoms with E-state index in [1.165, 1.54) is 22.4 Å². The average molecular weight is 315 g/mol. The summed E-state index contributed by atoms with van der Waals surface area (Å²) in [6.45, 7) is 0.971. The van der Waals surface area contributed by atoms with Gasteiger partial charge in [0.1, 0.15) is 5.75 Å². The van der Waals surface area contributed by atoms with Crippen LogP contribution in [-0.2, 0) is 6.42 Å². The van der Waals surface area contributed by atoms with Crippen molar-refractivity contribution in [1.82, 2.24) is 0 Å². The lowest BCUT2D eigenvalue weighted by Gasteiger charge is -2.25. The Morgan fingerprint density at radius 3 is 2.42 bits per heavy atom. The van der Waals surface area contributed by atoms with E-state index in [1.807, 2.05) is 12.1 Å². The molecule has 24 heavy (non-hydrogen) atoms. The van der Waals surface area contributed by atoms with Crippen molar-refractivity contribution in [3.05, 3.63) is 95.6 Å². The van der Waals surface area contributed by atoms with E-state index in [1.54, 1.807) is 0 Å². The van der Waals surface area contributed by atoms with Crippen molar-refractivity contribution >= 4 is 5.69 Å². The second-order valence-corrected chi connectivity index (χ2v) is 6.25. The zero-order valence-electron chi connectivity index (χ0n) is 13.9. The lowest BCUT2D eigenvalue weighted by Crippen LogP contribution is -2.22. The van der Waals surface area contributed by atoms with E-state index >= 15 is 0 Å². The van der Waals surface area contributed by atoms with E-state index in [-0.39, 0.29) is 6.10 Å². The second-order valence-electron chi connectivity index (χ2n) is 6.25. The van der Waals surface area contributed by atoms with Gasteiger partial charge >= 0.3 is 0 Å². The van der Waals surface area contributed by atoms with Gasteiger partial charge < -0.3 is 9.64 Å². The van der Waals surface area contributed by atoms with Crippen molar-refractivity contribution < 1.29 is 4.74 Å². The molecule has 0 aromatic heterocycles. The van der Waals surface area contributed by atoms with Gasteiger partial charge in [0.05, 0.1) is 0 Å². The van der Waals surface area contributed by atoms with E-state index in [0.717, 1.165) is 18.7 Å². The maximum absolute atomic E-state index is 6.55. The fourth-order valence-corrected chi connectivity index (χ4v) is 3.36. The topological polar surface area (TPSA) is 12.5 Å². The Morgan fingerprint density at radius 1 is 0.833 bits per heavy atom. The first-order valence-corrected chi connectivity index (χ1v) is 8.42. The number of anilines is 1. The molecular formula is C22H21NO. The normalized spacial score (nSPS) is 16.9. The molecule has 1 atom stereocenters. The summed E-state index contributed by atoms with van der Waals surface area (Å²) in [5.74, 6) is 0.983. The molecule has 0 saturated carbocycles. The van der Waals surface area contributed by atoms with Gasteiger partial charge in [-0.1, -0.05) is 66.7 Å². The van der Waals surface area contributed by atoms with Crippen molar-refractivity contribution in [1.29, 1.82) is 0 Å². The smallest absolute Gasteiger partial charge is 0.151 e. The monoisotopic (exact) mass is 315 g/mol. The number of para-hydroxylation sites is 2. The van der Waals surface area contributed by atoms with Crippen LogP contribution in [0.1, 0.15) is 22.8 Å². The van der Waals surface area contributed by atoms with E-state index in [4.69, 9.17) is 4.74 Å². The van der Waals surface area contributed by atoms with Crippen molar-refractivity contribution in [2.75, 3.05) is 18.5 Å². The third-order valence-electron chi connectivity index (χ3n) is 4.67. The first kappa shape index (κ1) is 14.8. The van der Waals surface area contributed by atoms with E-state index in [2.05, 4.69) is 78.7 Å². The van der Waals surface area contributed by atoms with Crippen LogP contribution in [0, 0.1) is 0 Å². The summed E-state index contributed by atoms with van der Waals surface area (Å²) >= 11 is 0. The number of benzene rings is 3. The van der Waals surface area contributed by atoms with Crippen molar-refractivity contribution in [3.8, 4) is 5.75 Å². The molecule has 0 saturated heterocycles. The molecule has 1 aliphatic rings. The highest BCUT2D eigenvalue weighted by Crippen LogP contribution is 2.36. The molecule has 0 aliphatic carbocycles. The van der Waals surface area contributed by atoms with Crippen LogP contribution in [0.15, 0.2) is 78.9 Å². The molecule has 1 unspecified atom stereocenters. The number of ether oxygens (including phenoxy) is 1. The molecule has 3 aromatic carbocycles. The largest absolute Gasteiger partial charge is 0.481 e. The molecule has 0 N–H and O–H groups in total. The summed E-state index contributed by atoms with van der Waals surface area (Å²) in [7, 11) is 2.16. The summed E-state index contributed by atoms with van der Waals surface area (Å²) in [6.07, 6.45) is 0.867. The van der Waals surface area contributed by atoms with Crippen LogP contribution in [0.5, 0.6) is 5.75 Å². The molecule has 0 radical (unpaired) electrons. The van der Waals surface area contributed by atoms with Gasteiger partial charge in [-0.25, -0.2) is 0 Å². The third-order valence-corrected chi connectivity index (χ3v) is 4.67. The van der Waals surface area contributed by atoms with Crippen molar-refractivity contribution in [2.24, 2.45) is 0 Å².